The highest BCUT2D eigenvalue weighted by atomic mass is 16.7. The number of methoxy groups -OCH3 is 1. The van der Waals surface area contributed by atoms with Gasteiger partial charge in [0.15, 0.2) is 6.29 Å². The van der Waals surface area contributed by atoms with E-state index in [0.717, 1.165) is 33.4 Å². The summed E-state index contributed by atoms with van der Waals surface area (Å²) >= 11 is 0. The topological polar surface area (TPSA) is 103 Å². The van der Waals surface area contributed by atoms with Gasteiger partial charge < -0.3 is 47.7 Å². The first-order valence-corrected chi connectivity index (χ1v) is 22.5. The van der Waals surface area contributed by atoms with E-state index in [2.05, 4.69) is 0 Å². The van der Waals surface area contributed by atoms with Crippen molar-refractivity contribution in [2.75, 3.05) is 13.7 Å². The molecule has 6 aromatic carbocycles. The lowest BCUT2D eigenvalue weighted by molar-refractivity contribution is -0.337. The zero-order chi connectivity index (χ0) is 44.5. The van der Waals surface area contributed by atoms with E-state index in [1.165, 1.54) is 0 Å². The fourth-order valence-corrected chi connectivity index (χ4v) is 8.49. The summed E-state index contributed by atoms with van der Waals surface area (Å²) in [6, 6.07) is 59.9. The molecule has 0 bridgehead atoms. The molecule has 2 aliphatic rings. The van der Waals surface area contributed by atoms with E-state index in [0.29, 0.717) is 6.61 Å². The van der Waals surface area contributed by atoms with E-state index < -0.39 is 61.2 Å². The predicted octanol–water partition coefficient (Wildman–Crippen LogP) is 9.02. The van der Waals surface area contributed by atoms with Gasteiger partial charge in [-0.05, 0) is 33.4 Å². The largest absolute Gasteiger partial charge is 0.390 e. The van der Waals surface area contributed by atoms with Crippen LogP contribution in [0.15, 0.2) is 182 Å². The Bertz CT molecular complexity index is 2200. The average Bonchev–Trinajstić information content (AvgIpc) is 3.36. The summed E-state index contributed by atoms with van der Waals surface area (Å²) in [6.07, 6.45) is -7.54. The molecule has 0 unspecified atom stereocenters. The van der Waals surface area contributed by atoms with E-state index in [1.807, 2.05) is 182 Å². The van der Waals surface area contributed by atoms with Crippen LogP contribution in [0.3, 0.4) is 0 Å². The van der Waals surface area contributed by atoms with Crippen molar-refractivity contribution in [1.29, 1.82) is 0 Å². The fraction of sp³-hybridized carbons (Fsp3) is 0.345. The Morgan fingerprint density at radius 3 is 1.15 bits per heavy atom. The van der Waals surface area contributed by atoms with E-state index in [4.69, 9.17) is 42.6 Å². The third kappa shape index (κ3) is 13.3. The van der Waals surface area contributed by atoms with Crippen molar-refractivity contribution in [3.05, 3.63) is 215 Å². The SMILES string of the molecule is CO[C@@H]1O[C@H](COCc2ccccc2)[C@@H](O[C@H]2C[C@H](O)[C@@H](OCc3ccccc3)[C@H](OCc3ccccc3)[C@H]2OCc2ccccc2)[C@H](OCc2ccccc2)[C@H]1OCc1ccccc1. The quantitative estimate of drug-likeness (QED) is 0.0711. The van der Waals surface area contributed by atoms with E-state index in [9.17, 15) is 5.11 Å². The van der Waals surface area contributed by atoms with E-state index in [-0.39, 0.29) is 46.1 Å². The molecule has 0 aromatic heterocycles. The van der Waals surface area contributed by atoms with Crippen molar-refractivity contribution in [2.24, 2.45) is 0 Å². The number of rotatable bonds is 22. The predicted molar refractivity (Wildman–Crippen MR) is 246 cm³/mol. The van der Waals surface area contributed by atoms with Crippen LogP contribution in [0, 0.1) is 0 Å². The van der Waals surface area contributed by atoms with Crippen molar-refractivity contribution in [1.82, 2.24) is 0 Å². The summed E-state index contributed by atoms with van der Waals surface area (Å²) in [5, 5.41) is 12.2. The van der Waals surface area contributed by atoms with Gasteiger partial charge in [0.1, 0.15) is 42.7 Å². The first kappa shape index (κ1) is 46.4. The Morgan fingerprint density at radius 2 is 0.754 bits per heavy atom. The molecular formula is C55H60O10. The minimum Gasteiger partial charge on any atom is -0.390 e. The molecule has 1 aliphatic carbocycles. The second kappa shape index (κ2) is 24.4. The molecule has 65 heavy (non-hydrogen) atoms. The van der Waals surface area contributed by atoms with Crippen LogP contribution in [0.4, 0.5) is 0 Å². The van der Waals surface area contributed by atoms with Crippen LogP contribution < -0.4 is 0 Å². The van der Waals surface area contributed by atoms with Crippen LogP contribution in [0.2, 0.25) is 0 Å². The summed E-state index contributed by atoms with van der Waals surface area (Å²) in [6.45, 7) is 1.86. The molecule has 1 aliphatic heterocycles. The van der Waals surface area contributed by atoms with Crippen LogP contribution in [0.1, 0.15) is 39.8 Å². The Balaban J connectivity index is 1.15. The van der Waals surface area contributed by atoms with Gasteiger partial charge in [0, 0.05) is 13.5 Å². The normalized spacial score (nSPS) is 25.6. The minimum atomic E-state index is -0.987. The molecule has 0 spiro atoms. The average molecular weight is 881 g/mol. The summed E-state index contributed by atoms with van der Waals surface area (Å²) in [5.41, 5.74) is 5.93. The number of benzene rings is 6. The molecule has 2 fully saturated rings. The lowest BCUT2D eigenvalue weighted by Gasteiger charge is -2.49. The standard InChI is InChI=1S/C55H60O10/c1-57-55-54(63-38-45-30-18-7-19-31-45)53(62-37-44-28-16-6-17-29-44)51(48(65-55)39-58-33-40-20-8-2-9-21-40)64-47-32-46(56)49(59-34-41-22-10-3-11-23-41)52(61-36-43-26-14-5-15-27-43)50(47)60-35-42-24-12-4-13-25-42/h2-31,46-56H,32-39H2,1H3/t46-,47-,48+,49+,50-,51+,52-,53-,54+,55+/m0/s1. The van der Waals surface area contributed by atoms with Gasteiger partial charge in [0.2, 0.25) is 0 Å². The van der Waals surface area contributed by atoms with E-state index >= 15 is 0 Å². The van der Waals surface area contributed by atoms with Gasteiger partial charge in [0.25, 0.3) is 0 Å². The molecule has 0 radical (unpaired) electrons. The van der Waals surface area contributed by atoms with Crippen LogP contribution >= 0.6 is 0 Å². The van der Waals surface area contributed by atoms with Crippen LogP contribution in [-0.2, 0) is 82.3 Å². The number of hydrogen-bond acceptors (Lipinski definition) is 10. The monoisotopic (exact) mass is 880 g/mol. The number of hydrogen-bond donors (Lipinski definition) is 1. The molecule has 10 atom stereocenters. The summed E-state index contributed by atoms with van der Waals surface area (Å²) in [4.78, 5) is 0. The van der Waals surface area contributed by atoms with Crippen molar-refractivity contribution >= 4 is 0 Å². The maximum absolute atomic E-state index is 12.2. The van der Waals surface area contributed by atoms with Crippen molar-refractivity contribution in [3.63, 3.8) is 0 Å². The van der Waals surface area contributed by atoms with Gasteiger partial charge in [-0.15, -0.1) is 0 Å². The van der Waals surface area contributed by atoms with Gasteiger partial charge in [-0.3, -0.25) is 0 Å². The molecular weight excluding hydrogens is 821 g/mol. The van der Waals surface area contributed by atoms with Gasteiger partial charge in [-0.25, -0.2) is 0 Å². The highest BCUT2D eigenvalue weighted by Crippen LogP contribution is 2.37. The lowest BCUT2D eigenvalue weighted by Crippen LogP contribution is -2.65. The molecule has 6 aromatic rings. The molecule has 10 heteroatoms. The van der Waals surface area contributed by atoms with Crippen molar-refractivity contribution in [3.8, 4) is 0 Å². The zero-order valence-electron chi connectivity index (χ0n) is 36.9. The maximum Gasteiger partial charge on any atom is 0.186 e. The van der Waals surface area contributed by atoms with Gasteiger partial charge >= 0.3 is 0 Å². The summed E-state index contributed by atoms with van der Waals surface area (Å²) in [7, 11) is 1.61. The van der Waals surface area contributed by atoms with Gasteiger partial charge in [0.05, 0.1) is 58.5 Å². The molecule has 8 rings (SSSR count). The molecule has 1 saturated heterocycles. The summed E-state index contributed by atoms with van der Waals surface area (Å²) in [5.74, 6) is 0. The molecule has 10 nitrogen and oxygen atoms in total. The Labute approximate surface area is 382 Å². The Hall–Kier alpha value is -5.08. The lowest BCUT2D eigenvalue weighted by atomic mass is 9.85. The molecule has 1 heterocycles. The zero-order valence-corrected chi connectivity index (χ0v) is 36.9. The second-order valence-corrected chi connectivity index (χ2v) is 16.5. The first-order chi connectivity index (χ1) is 32.1. The van der Waals surface area contributed by atoms with Crippen molar-refractivity contribution < 1.29 is 47.7 Å². The number of aliphatic hydroxyl groups is 1. The molecule has 340 valence electrons. The van der Waals surface area contributed by atoms with E-state index in [1.54, 1.807) is 7.11 Å². The Kier molecular flexibility index (Phi) is 17.5. The molecule has 1 N–H and O–H groups in total. The van der Waals surface area contributed by atoms with Gasteiger partial charge in [-0.1, -0.05) is 182 Å². The molecule has 1 saturated carbocycles. The fourth-order valence-electron chi connectivity index (χ4n) is 8.49. The highest BCUT2D eigenvalue weighted by molar-refractivity contribution is 5.18. The second-order valence-electron chi connectivity index (χ2n) is 16.5. The number of aliphatic hydroxyl groups excluding tert-OH is 1. The number of ether oxygens (including phenoxy) is 9. The Morgan fingerprint density at radius 1 is 0.415 bits per heavy atom. The smallest absolute Gasteiger partial charge is 0.186 e. The highest BCUT2D eigenvalue weighted by Gasteiger charge is 2.53. The minimum absolute atomic E-state index is 0.150. The third-order valence-electron chi connectivity index (χ3n) is 11.8. The first-order valence-electron chi connectivity index (χ1n) is 22.5. The maximum atomic E-state index is 12.2. The van der Waals surface area contributed by atoms with Crippen molar-refractivity contribution in [2.45, 2.75) is 107 Å². The van der Waals surface area contributed by atoms with Crippen LogP contribution in [-0.4, -0.2) is 80.0 Å². The van der Waals surface area contributed by atoms with Gasteiger partial charge in [-0.2, -0.15) is 0 Å². The molecule has 0 amide bonds. The third-order valence-corrected chi connectivity index (χ3v) is 11.8. The summed E-state index contributed by atoms with van der Waals surface area (Å²) < 4.78 is 60.8. The van der Waals surface area contributed by atoms with Crippen LogP contribution in [0.25, 0.3) is 0 Å². The van der Waals surface area contributed by atoms with Crippen LogP contribution in [0.5, 0.6) is 0 Å².